The van der Waals surface area contributed by atoms with Gasteiger partial charge < -0.3 is 14.8 Å². The Labute approximate surface area is 172 Å². The van der Waals surface area contributed by atoms with Gasteiger partial charge in [0, 0.05) is 42.9 Å². The van der Waals surface area contributed by atoms with Crippen LogP contribution in [0.15, 0.2) is 18.2 Å². The minimum Gasteiger partial charge on any atom is -0.530 e. The van der Waals surface area contributed by atoms with Crippen LogP contribution in [0.3, 0.4) is 0 Å². The fraction of sp³-hybridized carbons (Fsp3) is 0.500. The van der Waals surface area contributed by atoms with Crippen molar-refractivity contribution in [2.45, 2.75) is 53.1 Å². The normalized spacial score (nSPS) is 23.6. The van der Waals surface area contributed by atoms with Gasteiger partial charge in [0.25, 0.3) is 0 Å². The Hall–Kier alpha value is -2.67. The van der Waals surface area contributed by atoms with Crippen LogP contribution in [0.2, 0.25) is 0 Å². The number of rotatable bonds is 3. The van der Waals surface area contributed by atoms with Crippen molar-refractivity contribution in [1.82, 2.24) is 19.2 Å². The molecule has 0 spiro atoms. The highest BCUT2D eigenvalue weighted by Crippen LogP contribution is 2.46. The largest absolute Gasteiger partial charge is 0.530 e. The first-order valence-electron chi connectivity index (χ1n) is 10.0. The topological polar surface area (TPSA) is 78.3 Å². The predicted molar refractivity (Wildman–Crippen MR) is 111 cm³/mol. The van der Waals surface area contributed by atoms with Crippen molar-refractivity contribution in [3.8, 4) is 11.1 Å². The second-order valence-electron chi connectivity index (χ2n) is 8.19. The van der Waals surface area contributed by atoms with Crippen molar-refractivity contribution in [2.24, 2.45) is 7.05 Å². The van der Waals surface area contributed by atoms with Crippen molar-refractivity contribution < 1.29 is 14.7 Å². The Morgan fingerprint density at radius 3 is 2.48 bits per heavy atom. The summed E-state index contributed by atoms with van der Waals surface area (Å²) in [7, 11) is 3.82. The van der Waals surface area contributed by atoms with E-state index in [-0.39, 0.29) is 22.5 Å². The van der Waals surface area contributed by atoms with Crippen LogP contribution in [0.1, 0.15) is 50.2 Å². The second-order valence-corrected chi connectivity index (χ2v) is 8.19. The van der Waals surface area contributed by atoms with Crippen LogP contribution in [-0.2, 0) is 11.8 Å². The average molecular weight is 399 g/mol. The molecule has 0 aliphatic carbocycles. The number of carbonyl (C=O) groups excluding carboxylic acids is 2. The molecule has 0 fully saturated rings. The molecule has 7 heteroatoms. The van der Waals surface area contributed by atoms with E-state index in [2.05, 4.69) is 5.10 Å². The molecular weight excluding hydrogens is 368 g/mol. The number of quaternary nitrogens is 1. The van der Waals surface area contributed by atoms with Crippen molar-refractivity contribution >= 4 is 17.7 Å². The van der Waals surface area contributed by atoms with Crippen LogP contribution >= 0.6 is 0 Å². The van der Waals surface area contributed by atoms with E-state index < -0.39 is 6.09 Å². The van der Waals surface area contributed by atoms with E-state index >= 15 is 0 Å². The Morgan fingerprint density at radius 1 is 1.34 bits per heavy atom. The van der Waals surface area contributed by atoms with Crippen LogP contribution in [0.4, 0.5) is 10.5 Å². The van der Waals surface area contributed by atoms with Gasteiger partial charge in [0.1, 0.15) is 11.8 Å². The van der Waals surface area contributed by atoms with Crippen LogP contribution in [-0.4, -0.2) is 46.3 Å². The van der Waals surface area contributed by atoms with Gasteiger partial charge in [-0.3, -0.25) is 4.68 Å². The summed E-state index contributed by atoms with van der Waals surface area (Å²) in [6.07, 6.45) is -0.631. The number of benzene rings is 1. The van der Waals surface area contributed by atoms with E-state index in [9.17, 15) is 14.7 Å². The third kappa shape index (κ3) is 3.13. The minimum absolute atomic E-state index is 0.0372. The van der Waals surface area contributed by atoms with Crippen LogP contribution < -0.4 is 9.59 Å². The van der Waals surface area contributed by atoms with Gasteiger partial charge in [-0.05, 0) is 45.4 Å². The summed E-state index contributed by atoms with van der Waals surface area (Å²) in [4.78, 5) is 25.9. The molecule has 3 atom stereocenters. The van der Waals surface area contributed by atoms with E-state index in [4.69, 9.17) is 0 Å². The van der Waals surface area contributed by atoms with Gasteiger partial charge in [0.15, 0.2) is 0 Å². The van der Waals surface area contributed by atoms with Gasteiger partial charge in [0.05, 0.1) is 31.7 Å². The highest BCUT2D eigenvalue weighted by molar-refractivity contribution is 5.89. The lowest BCUT2D eigenvalue weighted by atomic mass is 9.86. The number of nitrogens with zero attached hydrogens (tertiary/aromatic N) is 4. The van der Waals surface area contributed by atoms with Crippen LogP contribution in [0, 0.1) is 13.8 Å². The summed E-state index contributed by atoms with van der Waals surface area (Å²) in [5.41, 5.74) is 5.70. The maximum Gasteiger partial charge on any atom is 0.315 e. The lowest BCUT2D eigenvalue weighted by molar-refractivity contribution is -0.268. The van der Waals surface area contributed by atoms with E-state index in [0.29, 0.717) is 13.0 Å². The monoisotopic (exact) mass is 398 g/mol. The van der Waals surface area contributed by atoms with Crippen LogP contribution in [0.5, 0.6) is 0 Å². The molecule has 1 aromatic carbocycles. The maximum absolute atomic E-state index is 12.7. The summed E-state index contributed by atoms with van der Waals surface area (Å²) < 4.78 is 2.00. The predicted octanol–water partition coefficient (Wildman–Crippen LogP) is 2.69. The molecule has 1 aliphatic rings. The highest BCUT2D eigenvalue weighted by atomic mass is 16.4. The third-order valence-corrected chi connectivity index (χ3v) is 6.74. The fourth-order valence-electron chi connectivity index (χ4n) is 4.74. The number of carbonyl (C=O) groups is 2. The number of hydrogen-bond donors (Lipinski definition) is 0. The lowest BCUT2D eigenvalue weighted by Gasteiger charge is -2.47. The molecule has 0 saturated carbocycles. The SMILES string of the molecule is CCN(C(=O)[O-])C1C[C@H](C)[N@+](C)(C(C)=O)c2ccc(-c3c(C)nn(C)c3C)cc21. The van der Waals surface area contributed by atoms with Crippen molar-refractivity contribution in [1.29, 1.82) is 0 Å². The molecule has 156 valence electrons. The maximum atomic E-state index is 12.7. The number of fused-ring (bicyclic) bond motifs is 1. The minimum atomic E-state index is -1.19. The Bertz CT molecular complexity index is 981. The molecule has 29 heavy (non-hydrogen) atoms. The van der Waals surface area contributed by atoms with Crippen molar-refractivity contribution in [3.63, 3.8) is 0 Å². The zero-order chi connectivity index (χ0) is 21.7. The van der Waals surface area contributed by atoms with Crippen molar-refractivity contribution in [3.05, 3.63) is 35.2 Å². The van der Waals surface area contributed by atoms with Gasteiger partial charge in [-0.15, -0.1) is 0 Å². The molecule has 2 heterocycles. The molecule has 1 aliphatic heterocycles. The molecule has 1 aromatic heterocycles. The van der Waals surface area contributed by atoms with E-state index in [0.717, 1.165) is 33.8 Å². The average Bonchev–Trinajstić information content (AvgIpc) is 2.90. The molecule has 3 rings (SSSR count). The van der Waals surface area contributed by atoms with E-state index in [1.165, 1.54) is 4.90 Å². The Balaban J connectivity index is 2.28. The summed E-state index contributed by atoms with van der Waals surface area (Å²) in [5.74, 6) is 0.0372. The van der Waals surface area contributed by atoms with Gasteiger partial charge in [-0.1, -0.05) is 0 Å². The number of amides is 2. The number of hydrogen-bond acceptors (Lipinski definition) is 4. The molecule has 7 nitrogen and oxygen atoms in total. The zero-order valence-corrected chi connectivity index (χ0v) is 18.3. The highest BCUT2D eigenvalue weighted by Gasteiger charge is 2.47. The first-order chi connectivity index (χ1) is 13.5. The summed E-state index contributed by atoms with van der Waals surface area (Å²) >= 11 is 0. The van der Waals surface area contributed by atoms with E-state index in [1.54, 1.807) is 6.92 Å². The molecule has 0 N–H and O–H groups in total. The second kappa shape index (κ2) is 7.30. The Kier molecular flexibility index (Phi) is 5.30. The molecule has 0 radical (unpaired) electrons. The zero-order valence-electron chi connectivity index (χ0n) is 18.3. The summed E-state index contributed by atoms with van der Waals surface area (Å²) in [5, 5.41) is 16.3. The Morgan fingerprint density at radius 2 is 2.00 bits per heavy atom. The third-order valence-electron chi connectivity index (χ3n) is 6.74. The van der Waals surface area contributed by atoms with Crippen molar-refractivity contribution in [2.75, 3.05) is 13.6 Å². The van der Waals surface area contributed by atoms with E-state index in [1.807, 2.05) is 64.7 Å². The molecule has 1 unspecified atom stereocenters. The van der Waals surface area contributed by atoms with Gasteiger partial charge in [-0.25, -0.2) is 9.28 Å². The summed E-state index contributed by atoms with van der Waals surface area (Å²) in [6, 6.07) is 5.63. The van der Waals surface area contributed by atoms with Gasteiger partial charge in [0.2, 0.25) is 0 Å². The van der Waals surface area contributed by atoms with Gasteiger partial charge in [-0.2, -0.15) is 5.10 Å². The molecule has 0 saturated heterocycles. The smallest absolute Gasteiger partial charge is 0.315 e. The molecule has 2 aromatic rings. The number of aryl methyl sites for hydroxylation is 2. The molecule has 2 amide bonds. The van der Waals surface area contributed by atoms with Crippen LogP contribution in [0.25, 0.3) is 11.1 Å². The number of carboxylic acid groups (broad SMARTS) is 1. The molecule has 0 bridgehead atoms. The van der Waals surface area contributed by atoms with Gasteiger partial charge >= 0.3 is 5.91 Å². The number of aromatic nitrogens is 2. The summed E-state index contributed by atoms with van der Waals surface area (Å²) in [6.45, 7) is 9.73. The standard InChI is InChI=1S/C22H30N4O3/c1-8-25(22(28)29)19-11-13(2)26(7,16(5)27)20-10-9-17(12-18(19)20)21-14(3)23-24(6)15(21)4/h9-10,12-13,19H,8,11H2,1-7H3/t13-,19?,26+/m0/s1. The lowest BCUT2D eigenvalue weighted by Crippen LogP contribution is -2.60. The quantitative estimate of drug-likeness (QED) is 0.745. The molecular formula is C22H30N4O3. The first kappa shape index (κ1) is 21.0. The fourth-order valence-corrected chi connectivity index (χ4v) is 4.74. The first-order valence-corrected chi connectivity index (χ1v) is 10.0.